The summed E-state index contributed by atoms with van der Waals surface area (Å²) in [7, 11) is 0. The third kappa shape index (κ3) is 6.66. The molecular weight excluding hydrogens is 342 g/mol. The van der Waals surface area contributed by atoms with Crippen LogP contribution in [0, 0.1) is 5.92 Å². The Bertz CT molecular complexity index is 770. The van der Waals surface area contributed by atoms with Crippen molar-refractivity contribution in [3.05, 3.63) is 48.5 Å². The second kappa shape index (κ2) is 9.62. The summed E-state index contributed by atoms with van der Waals surface area (Å²) >= 11 is 0. The van der Waals surface area contributed by atoms with Crippen LogP contribution in [-0.4, -0.2) is 24.5 Å². The number of carbonyl (C=O) groups excluding carboxylic acids is 2. The zero-order chi connectivity index (χ0) is 19.8. The van der Waals surface area contributed by atoms with Crippen LogP contribution in [0.2, 0.25) is 0 Å². The Morgan fingerprint density at radius 1 is 0.889 bits per heavy atom. The molecule has 3 N–H and O–H groups in total. The smallest absolute Gasteiger partial charge is 0.243 e. The van der Waals surface area contributed by atoms with Gasteiger partial charge in [-0.3, -0.25) is 9.59 Å². The quantitative estimate of drug-likeness (QED) is 0.654. The van der Waals surface area contributed by atoms with Gasteiger partial charge in [0.25, 0.3) is 0 Å². The number of anilines is 3. The summed E-state index contributed by atoms with van der Waals surface area (Å²) in [6, 6.07) is 14.6. The number of ether oxygens (including phenoxy) is 1. The van der Waals surface area contributed by atoms with Crippen LogP contribution in [0.15, 0.2) is 48.5 Å². The van der Waals surface area contributed by atoms with E-state index in [9.17, 15) is 9.59 Å². The number of hydrogen-bond donors (Lipinski definition) is 3. The van der Waals surface area contributed by atoms with Crippen molar-refractivity contribution in [2.45, 2.75) is 33.8 Å². The van der Waals surface area contributed by atoms with E-state index in [1.54, 1.807) is 12.1 Å². The third-order valence-corrected chi connectivity index (χ3v) is 3.65. The van der Waals surface area contributed by atoms with Crippen molar-refractivity contribution in [2.24, 2.45) is 5.92 Å². The van der Waals surface area contributed by atoms with E-state index < -0.39 is 0 Å². The molecule has 2 rings (SSSR count). The third-order valence-electron chi connectivity index (χ3n) is 3.65. The fourth-order valence-electron chi connectivity index (χ4n) is 2.26. The normalized spacial score (nSPS) is 10.6. The van der Waals surface area contributed by atoms with Crippen LogP contribution in [0.5, 0.6) is 5.75 Å². The standard InChI is InChI=1S/C21H27N3O3/c1-14(2)21(26)23-17-11-9-16(10-12-17)22-13-20(25)24-18-7-5-6-8-19(18)27-15(3)4/h5-12,14-15,22H,13H2,1-4H3,(H,23,26)(H,24,25). The van der Waals surface area contributed by atoms with Crippen LogP contribution >= 0.6 is 0 Å². The summed E-state index contributed by atoms with van der Waals surface area (Å²) in [5, 5.41) is 8.74. The van der Waals surface area contributed by atoms with Gasteiger partial charge >= 0.3 is 0 Å². The van der Waals surface area contributed by atoms with Crippen LogP contribution in [0.4, 0.5) is 17.1 Å². The van der Waals surface area contributed by atoms with Gasteiger partial charge in [-0.25, -0.2) is 0 Å². The van der Waals surface area contributed by atoms with Gasteiger partial charge in [0.05, 0.1) is 18.3 Å². The van der Waals surface area contributed by atoms with Crippen LogP contribution in [0.25, 0.3) is 0 Å². The number of carbonyl (C=O) groups is 2. The first-order chi connectivity index (χ1) is 12.8. The Labute approximate surface area is 160 Å². The summed E-state index contributed by atoms with van der Waals surface area (Å²) in [6.07, 6.45) is 0.0240. The van der Waals surface area contributed by atoms with E-state index in [-0.39, 0.29) is 30.4 Å². The maximum atomic E-state index is 12.2. The maximum Gasteiger partial charge on any atom is 0.243 e. The van der Waals surface area contributed by atoms with E-state index in [0.29, 0.717) is 11.4 Å². The predicted octanol–water partition coefficient (Wildman–Crippen LogP) is 4.12. The van der Waals surface area contributed by atoms with Crippen molar-refractivity contribution in [3.63, 3.8) is 0 Å². The summed E-state index contributed by atoms with van der Waals surface area (Å²) in [4.78, 5) is 23.9. The van der Waals surface area contributed by atoms with Crippen LogP contribution in [0.1, 0.15) is 27.7 Å². The first-order valence-electron chi connectivity index (χ1n) is 9.05. The topological polar surface area (TPSA) is 79.5 Å². The number of amides is 2. The van der Waals surface area contributed by atoms with E-state index >= 15 is 0 Å². The molecule has 0 saturated heterocycles. The Morgan fingerprint density at radius 3 is 2.15 bits per heavy atom. The largest absolute Gasteiger partial charge is 0.489 e. The van der Waals surface area contributed by atoms with E-state index in [4.69, 9.17) is 4.74 Å². The van der Waals surface area contributed by atoms with Gasteiger partial charge < -0.3 is 20.7 Å². The lowest BCUT2D eigenvalue weighted by Gasteiger charge is -2.15. The molecule has 2 amide bonds. The molecule has 6 nitrogen and oxygen atoms in total. The lowest BCUT2D eigenvalue weighted by Crippen LogP contribution is -2.22. The fourth-order valence-corrected chi connectivity index (χ4v) is 2.26. The predicted molar refractivity (Wildman–Crippen MR) is 109 cm³/mol. The summed E-state index contributed by atoms with van der Waals surface area (Å²) in [6.45, 7) is 7.68. The van der Waals surface area contributed by atoms with Crippen molar-refractivity contribution >= 4 is 28.9 Å². The molecule has 0 heterocycles. The number of nitrogens with one attached hydrogen (secondary N) is 3. The molecule has 27 heavy (non-hydrogen) atoms. The van der Waals surface area contributed by atoms with Crippen molar-refractivity contribution in [2.75, 3.05) is 22.5 Å². The molecule has 0 fully saturated rings. The Kier molecular flexibility index (Phi) is 7.23. The van der Waals surface area contributed by atoms with E-state index in [1.807, 2.05) is 64.1 Å². The molecule has 0 radical (unpaired) electrons. The Balaban J connectivity index is 1.88. The molecule has 144 valence electrons. The monoisotopic (exact) mass is 369 g/mol. The first kappa shape index (κ1) is 20.3. The minimum Gasteiger partial charge on any atom is -0.489 e. The molecule has 0 atom stereocenters. The molecule has 0 aliphatic heterocycles. The van der Waals surface area contributed by atoms with Gasteiger partial charge in [0, 0.05) is 17.3 Å². The van der Waals surface area contributed by atoms with Gasteiger partial charge in [-0.1, -0.05) is 26.0 Å². The van der Waals surface area contributed by atoms with Gasteiger partial charge in [0.1, 0.15) is 5.75 Å². The highest BCUT2D eigenvalue weighted by atomic mass is 16.5. The van der Waals surface area contributed by atoms with E-state index in [0.717, 1.165) is 11.4 Å². The zero-order valence-corrected chi connectivity index (χ0v) is 16.2. The summed E-state index contributed by atoms with van der Waals surface area (Å²) in [5.74, 6) is 0.365. The highest BCUT2D eigenvalue weighted by Crippen LogP contribution is 2.24. The number of hydrogen-bond acceptors (Lipinski definition) is 4. The minimum atomic E-state index is -0.174. The summed E-state index contributed by atoms with van der Waals surface area (Å²) in [5.41, 5.74) is 2.16. The van der Waals surface area contributed by atoms with E-state index in [2.05, 4.69) is 16.0 Å². The lowest BCUT2D eigenvalue weighted by atomic mass is 10.2. The zero-order valence-electron chi connectivity index (χ0n) is 16.2. The van der Waals surface area contributed by atoms with Crippen LogP contribution in [-0.2, 0) is 9.59 Å². The van der Waals surface area contributed by atoms with Gasteiger partial charge in [-0.2, -0.15) is 0 Å². The average molecular weight is 369 g/mol. The minimum absolute atomic E-state index is 0.0240. The Morgan fingerprint density at radius 2 is 1.52 bits per heavy atom. The van der Waals surface area contributed by atoms with Crippen molar-refractivity contribution in [1.29, 1.82) is 0 Å². The maximum absolute atomic E-state index is 12.2. The molecule has 0 bridgehead atoms. The molecule has 2 aromatic carbocycles. The van der Waals surface area contributed by atoms with Gasteiger partial charge in [-0.05, 0) is 50.2 Å². The molecule has 0 spiro atoms. The highest BCUT2D eigenvalue weighted by molar-refractivity contribution is 5.95. The van der Waals surface area contributed by atoms with Crippen molar-refractivity contribution in [3.8, 4) is 5.75 Å². The molecule has 0 saturated carbocycles. The van der Waals surface area contributed by atoms with Gasteiger partial charge in [-0.15, -0.1) is 0 Å². The first-order valence-corrected chi connectivity index (χ1v) is 9.05. The number of benzene rings is 2. The molecule has 0 aliphatic carbocycles. The molecule has 2 aromatic rings. The van der Waals surface area contributed by atoms with Crippen LogP contribution < -0.4 is 20.7 Å². The van der Waals surface area contributed by atoms with Crippen molar-refractivity contribution in [1.82, 2.24) is 0 Å². The molecule has 6 heteroatoms. The number of para-hydroxylation sites is 2. The fraction of sp³-hybridized carbons (Fsp3) is 0.333. The molecular formula is C21H27N3O3. The second-order valence-electron chi connectivity index (χ2n) is 6.79. The molecule has 0 aliphatic rings. The van der Waals surface area contributed by atoms with Crippen molar-refractivity contribution < 1.29 is 14.3 Å². The lowest BCUT2D eigenvalue weighted by molar-refractivity contribution is -0.119. The SMILES string of the molecule is CC(C)Oc1ccccc1NC(=O)CNc1ccc(NC(=O)C(C)C)cc1. The summed E-state index contributed by atoms with van der Waals surface area (Å²) < 4.78 is 5.70. The Hall–Kier alpha value is -3.02. The van der Waals surface area contributed by atoms with Gasteiger partial charge in [0.2, 0.25) is 11.8 Å². The second-order valence-corrected chi connectivity index (χ2v) is 6.79. The van der Waals surface area contributed by atoms with Gasteiger partial charge in [0.15, 0.2) is 0 Å². The van der Waals surface area contributed by atoms with E-state index in [1.165, 1.54) is 0 Å². The van der Waals surface area contributed by atoms with Crippen LogP contribution in [0.3, 0.4) is 0 Å². The highest BCUT2D eigenvalue weighted by Gasteiger charge is 2.09. The number of rotatable bonds is 8. The average Bonchev–Trinajstić information content (AvgIpc) is 2.62. The molecule has 0 unspecified atom stereocenters. The molecule has 0 aromatic heterocycles.